The van der Waals surface area contributed by atoms with Crippen molar-refractivity contribution >= 4 is 46.9 Å². The maximum absolute atomic E-state index is 14.2. The summed E-state index contributed by atoms with van der Waals surface area (Å²) in [6.45, 7) is 6.00. The van der Waals surface area contributed by atoms with Crippen molar-refractivity contribution < 1.29 is 34.1 Å². The maximum Gasteiger partial charge on any atom is 0.307 e. The van der Waals surface area contributed by atoms with Crippen LogP contribution in [0.4, 0.5) is 0 Å². The minimum Gasteiger partial charge on any atom is -0.481 e. The standard InChI is InChI=1S/C45H57Cl2N7O7/c1-28(2)36(44(59)60)21-41(56)54(29(3)42(57)50-37(26-55)43(58)51-45(18-7-19-48-27-45)22-30-8-13-33(46)14-9-30)24-32-10-15-34(47)20-39(32)61-35-16-11-31(12-17-35)38-23-49-40(53(38)6)25-52(4)5/h8-17,20,23,28-29,36-37,48,55H,7,18-19,21-22,24-27H2,1-6H3,(H,50,57)(H,51,58)(H,59,60)/t29-,36+,37-,45+/m0/s1. The fraction of sp³-hybridized carbons (Fsp3) is 0.444. The molecule has 4 aromatic rings. The number of hydrogen-bond donors (Lipinski definition) is 5. The minimum absolute atomic E-state index is 0.169. The molecule has 1 saturated heterocycles. The van der Waals surface area contributed by atoms with E-state index >= 15 is 0 Å². The van der Waals surface area contributed by atoms with Gasteiger partial charge in [-0.25, -0.2) is 4.98 Å². The van der Waals surface area contributed by atoms with E-state index < -0.39 is 53.8 Å². The number of aliphatic carboxylic acids is 1. The van der Waals surface area contributed by atoms with E-state index in [1.54, 1.807) is 56.3 Å². The molecule has 16 heteroatoms. The predicted octanol–water partition coefficient (Wildman–Crippen LogP) is 5.67. The summed E-state index contributed by atoms with van der Waals surface area (Å²) in [6, 6.07) is 17.2. The van der Waals surface area contributed by atoms with Gasteiger partial charge in [0.25, 0.3) is 0 Å². The monoisotopic (exact) mass is 877 g/mol. The summed E-state index contributed by atoms with van der Waals surface area (Å²) in [7, 11) is 5.93. The number of rotatable bonds is 19. The molecular formula is C45H57Cl2N7O7. The van der Waals surface area contributed by atoms with Crippen molar-refractivity contribution in [2.75, 3.05) is 33.8 Å². The SMILES string of the molecule is CC(C)[C@@H](CC(=O)N(Cc1ccc(Cl)cc1Oc1ccc(-c2cnc(CN(C)C)n2C)cc1)[C@@H](C)C(=O)N[C@@H](CO)C(=O)N[C@@]1(Cc2ccc(Cl)cc2)CCCNC1)C(=O)O. The van der Waals surface area contributed by atoms with Crippen molar-refractivity contribution in [3.8, 4) is 22.8 Å². The first kappa shape index (κ1) is 47.1. The summed E-state index contributed by atoms with van der Waals surface area (Å²) in [5.41, 5.74) is 2.61. The molecule has 0 aliphatic carbocycles. The quantitative estimate of drug-likeness (QED) is 0.0789. The van der Waals surface area contributed by atoms with Gasteiger partial charge >= 0.3 is 5.97 Å². The molecule has 3 aromatic carbocycles. The average molecular weight is 879 g/mol. The number of imidazole rings is 1. The number of carbonyl (C=O) groups excluding carboxylic acids is 3. The molecule has 0 bridgehead atoms. The Morgan fingerprint density at radius 1 is 0.967 bits per heavy atom. The second kappa shape index (κ2) is 21.2. The zero-order valence-electron chi connectivity index (χ0n) is 35.6. The number of carboxylic acid groups (broad SMARTS) is 1. The first-order valence-corrected chi connectivity index (χ1v) is 21.2. The number of aliphatic hydroxyl groups is 1. The van der Waals surface area contributed by atoms with Gasteiger partial charge in [-0.1, -0.05) is 55.2 Å². The van der Waals surface area contributed by atoms with E-state index in [0.29, 0.717) is 53.0 Å². The Balaban J connectivity index is 1.37. The molecule has 0 unspecified atom stereocenters. The molecule has 328 valence electrons. The molecule has 1 aromatic heterocycles. The predicted molar refractivity (Wildman–Crippen MR) is 235 cm³/mol. The van der Waals surface area contributed by atoms with Crippen LogP contribution in [0.2, 0.25) is 10.0 Å². The summed E-state index contributed by atoms with van der Waals surface area (Å²) in [5, 5.41) is 30.5. The Morgan fingerprint density at radius 2 is 1.66 bits per heavy atom. The van der Waals surface area contributed by atoms with E-state index in [1.807, 2.05) is 61.1 Å². The summed E-state index contributed by atoms with van der Waals surface area (Å²) >= 11 is 12.6. The van der Waals surface area contributed by atoms with Crippen LogP contribution in [0.3, 0.4) is 0 Å². The Bertz CT molecular complexity index is 2140. The van der Waals surface area contributed by atoms with E-state index in [9.17, 15) is 29.4 Å². The number of halogens is 2. The van der Waals surface area contributed by atoms with Crippen LogP contribution in [0.5, 0.6) is 11.5 Å². The molecular weight excluding hydrogens is 821 g/mol. The lowest BCUT2D eigenvalue weighted by molar-refractivity contribution is -0.149. The van der Waals surface area contributed by atoms with E-state index in [4.69, 9.17) is 27.9 Å². The van der Waals surface area contributed by atoms with Crippen LogP contribution < -0.4 is 20.7 Å². The number of benzene rings is 3. The molecule has 0 spiro atoms. The molecule has 5 rings (SSSR count). The highest BCUT2D eigenvalue weighted by molar-refractivity contribution is 6.31. The number of ether oxygens (including phenoxy) is 1. The number of amides is 3. The number of aliphatic hydroxyl groups excluding tert-OH is 1. The molecule has 61 heavy (non-hydrogen) atoms. The molecule has 4 atom stereocenters. The lowest BCUT2D eigenvalue weighted by Gasteiger charge is -2.40. The summed E-state index contributed by atoms with van der Waals surface area (Å²) in [5.74, 6) is -2.73. The number of piperidine rings is 1. The largest absolute Gasteiger partial charge is 0.481 e. The molecule has 0 saturated carbocycles. The van der Waals surface area contributed by atoms with Gasteiger partial charge in [-0.05, 0) is 107 Å². The highest BCUT2D eigenvalue weighted by Crippen LogP contribution is 2.32. The van der Waals surface area contributed by atoms with Crippen molar-refractivity contribution in [3.05, 3.63) is 99.9 Å². The zero-order valence-corrected chi connectivity index (χ0v) is 37.1. The Morgan fingerprint density at radius 3 is 2.26 bits per heavy atom. The second-order valence-corrected chi connectivity index (χ2v) is 17.3. The molecule has 14 nitrogen and oxygen atoms in total. The Labute approximate surface area is 367 Å². The van der Waals surface area contributed by atoms with Gasteiger partial charge < -0.3 is 45.3 Å². The van der Waals surface area contributed by atoms with Gasteiger partial charge in [0.1, 0.15) is 29.4 Å². The van der Waals surface area contributed by atoms with Gasteiger partial charge in [0, 0.05) is 41.2 Å². The van der Waals surface area contributed by atoms with E-state index in [2.05, 4.69) is 20.9 Å². The number of carbonyl (C=O) groups is 4. The summed E-state index contributed by atoms with van der Waals surface area (Å²) < 4.78 is 8.38. The second-order valence-electron chi connectivity index (χ2n) is 16.4. The van der Waals surface area contributed by atoms with Crippen molar-refractivity contribution in [3.63, 3.8) is 0 Å². The fourth-order valence-corrected chi connectivity index (χ4v) is 7.79. The normalized spacial score (nSPS) is 16.8. The van der Waals surface area contributed by atoms with Crippen molar-refractivity contribution in [1.29, 1.82) is 0 Å². The fourth-order valence-electron chi connectivity index (χ4n) is 7.50. The van der Waals surface area contributed by atoms with Crippen LogP contribution in [0, 0.1) is 11.8 Å². The third-order valence-electron chi connectivity index (χ3n) is 11.1. The topological polar surface area (TPSA) is 178 Å². The number of carboxylic acids is 1. The van der Waals surface area contributed by atoms with Gasteiger partial charge in [0.15, 0.2) is 0 Å². The summed E-state index contributed by atoms with van der Waals surface area (Å²) in [6.07, 6.45) is 3.40. The van der Waals surface area contributed by atoms with Crippen molar-refractivity contribution in [2.24, 2.45) is 18.9 Å². The molecule has 1 fully saturated rings. The smallest absolute Gasteiger partial charge is 0.307 e. The zero-order chi connectivity index (χ0) is 44.4. The third-order valence-corrected chi connectivity index (χ3v) is 11.6. The van der Waals surface area contributed by atoms with Crippen LogP contribution in [0.1, 0.15) is 57.0 Å². The highest BCUT2D eigenvalue weighted by atomic mass is 35.5. The molecule has 5 N–H and O–H groups in total. The number of nitrogens with one attached hydrogen (secondary N) is 3. The van der Waals surface area contributed by atoms with Gasteiger partial charge in [0.05, 0.1) is 43.0 Å². The Hall–Kier alpha value is -4.99. The Kier molecular flexibility index (Phi) is 16.4. The first-order valence-electron chi connectivity index (χ1n) is 20.4. The van der Waals surface area contributed by atoms with Crippen LogP contribution in [-0.4, -0.2) is 105 Å². The molecule has 3 amide bonds. The van der Waals surface area contributed by atoms with Crippen LogP contribution >= 0.6 is 23.2 Å². The minimum atomic E-state index is -1.35. The number of hydrogen-bond acceptors (Lipinski definition) is 9. The van der Waals surface area contributed by atoms with E-state index in [0.717, 1.165) is 35.6 Å². The highest BCUT2D eigenvalue weighted by Gasteiger charge is 2.38. The van der Waals surface area contributed by atoms with Crippen LogP contribution in [0.15, 0.2) is 72.9 Å². The van der Waals surface area contributed by atoms with E-state index in [-0.39, 0.29) is 18.9 Å². The van der Waals surface area contributed by atoms with Gasteiger partial charge in [-0.15, -0.1) is 0 Å². The molecule has 1 aliphatic heterocycles. The van der Waals surface area contributed by atoms with E-state index in [1.165, 1.54) is 11.8 Å². The average Bonchev–Trinajstić information content (AvgIpc) is 3.57. The lowest BCUT2D eigenvalue weighted by atomic mass is 9.83. The number of nitrogens with zero attached hydrogens (tertiary/aromatic N) is 4. The van der Waals surface area contributed by atoms with Crippen molar-refractivity contribution in [1.82, 2.24) is 35.3 Å². The van der Waals surface area contributed by atoms with Gasteiger partial charge in [0.2, 0.25) is 17.7 Å². The maximum atomic E-state index is 14.2. The molecule has 2 heterocycles. The molecule has 0 radical (unpaired) electrons. The molecule has 1 aliphatic rings. The summed E-state index contributed by atoms with van der Waals surface area (Å²) in [4.78, 5) is 62.2. The first-order chi connectivity index (χ1) is 29.0. The van der Waals surface area contributed by atoms with Crippen LogP contribution in [0.25, 0.3) is 11.3 Å². The number of aromatic nitrogens is 2. The van der Waals surface area contributed by atoms with Gasteiger partial charge in [-0.2, -0.15) is 0 Å². The van der Waals surface area contributed by atoms with Crippen molar-refractivity contribution in [2.45, 2.75) is 77.2 Å². The van der Waals surface area contributed by atoms with Gasteiger partial charge in [-0.3, -0.25) is 19.2 Å². The lowest BCUT2D eigenvalue weighted by Crippen LogP contribution is -2.63. The third kappa shape index (κ3) is 12.5. The van der Waals surface area contributed by atoms with Crippen LogP contribution in [-0.2, 0) is 45.7 Å².